The molecule has 104 valence electrons. The summed E-state index contributed by atoms with van der Waals surface area (Å²) in [6.45, 7) is 4.53. The average molecular weight is 262 g/mol. The summed E-state index contributed by atoms with van der Waals surface area (Å²) < 4.78 is 5.41. The van der Waals surface area contributed by atoms with Crippen LogP contribution in [-0.2, 0) is 16.1 Å². The molecule has 1 saturated heterocycles. The Morgan fingerprint density at radius 1 is 1.42 bits per heavy atom. The summed E-state index contributed by atoms with van der Waals surface area (Å²) in [5.41, 5.74) is 7.61. The number of hydrogen-bond donors (Lipinski definition) is 1. The SMILES string of the molecule is CCN(C(=O)C1CCCOC1)c1ccc(CN)cc1. The van der Waals surface area contributed by atoms with Crippen LogP contribution >= 0.6 is 0 Å². The van der Waals surface area contributed by atoms with Crippen molar-refractivity contribution in [1.29, 1.82) is 0 Å². The van der Waals surface area contributed by atoms with Gasteiger partial charge in [0.1, 0.15) is 0 Å². The number of benzene rings is 1. The minimum absolute atomic E-state index is 0.00267. The zero-order valence-corrected chi connectivity index (χ0v) is 11.5. The van der Waals surface area contributed by atoms with E-state index in [1.165, 1.54) is 0 Å². The second-order valence-corrected chi connectivity index (χ2v) is 4.87. The molecule has 0 saturated carbocycles. The van der Waals surface area contributed by atoms with E-state index < -0.39 is 0 Å². The van der Waals surface area contributed by atoms with Gasteiger partial charge < -0.3 is 15.4 Å². The van der Waals surface area contributed by atoms with E-state index >= 15 is 0 Å². The largest absolute Gasteiger partial charge is 0.381 e. The van der Waals surface area contributed by atoms with Crippen LogP contribution in [0.2, 0.25) is 0 Å². The first kappa shape index (κ1) is 14.0. The predicted octanol–water partition coefficient (Wildman–Crippen LogP) is 1.92. The van der Waals surface area contributed by atoms with Gasteiger partial charge in [-0.15, -0.1) is 0 Å². The van der Waals surface area contributed by atoms with Gasteiger partial charge in [0.15, 0.2) is 0 Å². The van der Waals surface area contributed by atoms with Crippen molar-refractivity contribution in [1.82, 2.24) is 0 Å². The lowest BCUT2D eigenvalue weighted by atomic mass is 10.0. The standard InChI is InChI=1S/C15H22N2O2/c1-2-17(14-7-5-12(10-16)6-8-14)15(18)13-4-3-9-19-11-13/h5-8,13H,2-4,9-11,16H2,1H3. The maximum Gasteiger partial charge on any atom is 0.232 e. The number of anilines is 1. The number of nitrogens with zero attached hydrogens (tertiary/aromatic N) is 1. The van der Waals surface area contributed by atoms with Crippen molar-refractivity contribution in [2.75, 3.05) is 24.7 Å². The third-order valence-corrected chi connectivity index (χ3v) is 3.58. The first-order chi connectivity index (χ1) is 9.26. The number of carbonyl (C=O) groups is 1. The number of carbonyl (C=O) groups excluding carboxylic acids is 1. The van der Waals surface area contributed by atoms with E-state index in [-0.39, 0.29) is 11.8 Å². The summed E-state index contributed by atoms with van der Waals surface area (Å²) in [5.74, 6) is 0.172. The minimum atomic E-state index is 0.00267. The quantitative estimate of drug-likeness (QED) is 0.902. The van der Waals surface area contributed by atoms with Crippen molar-refractivity contribution in [3.05, 3.63) is 29.8 Å². The molecule has 1 aliphatic heterocycles. The molecule has 0 aromatic heterocycles. The molecule has 1 unspecified atom stereocenters. The fourth-order valence-corrected chi connectivity index (χ4v) is 2.43. The number of nitrogens with two attached hydrogens (primary N) is 1. The van der Waals surface area contributed by atoms with Gasteiger partial charge in [-0.05, 0) is 37.5 Å². The van der Waals surface area contributed by atoms with Crippen molar-refractivity contribution in [3.8, 4) is 0 Å². The summed E-state index contributed by atoms with van der Waals surface area (Å²) in [7, 11) is 0. The molecule has 1 aliphatic rings. The average Bonchev–Trinajstić information content (AvgIpc) is 2.49. The van der Waals surface area contributed by atoms with E-state index in [2.05, 4.69) is 0 Å². The smallest absolute Gasteiger partial charge is 0.232 e. The Morgan fingerprint density at radius 3 is 2.68 bits per heavy atom. The van der Waals surface area contributed by atoms with E-state index in [4.69, 9.17) is 10.5 Å². The Kier molecular flexibility index (Phi) is 4.93. The molecule has 0 bridgehead atoms. The van der Waals surface area contributed by atoms with Gasteiger partial charge in [-0.1, -0.05) is 12.1 Å². The van der Waals surface area contributed by atoms with Crippen molar-refractivity contribution in [3.63, 3.8) is 0 Å². The van der Waals surface area contributed by atoms with Gasteiger partial charge >= 0.3 is 0 Å². The third kappa shape index (κ3) is 3.33. The van der Waals surface area contributed by atoms with Gasteiger partial charge in [0, 0.05) is 25.4 Å². The van der Waals surface area contributed by atoms with E-state index in [1.54, 1.807) is 0 Å². The molecule has 1 amide bonds. The summed E-state index contributed by atoms with van der Waals surface area (Å²) in [5, 5.41) is 0. The molecule has 4 nitrogen and oxygen atoms in total. The van der Waals surface area contributed by atoms with Gasteiger partial charge in [0.25, 0.3) is 0 Å². The van der Waals surface area contributed by atoms with Crippen LogP contribution in [0.4, 0.5) is 5.69 Å². The van der Waals surface area contributed by atoms with Crippen molar-refractivity contribution >= 4 is 11.6 Å². The second kappa shape index (κ2) is 6.68. The predicted molar refractivity (Wildman–Crippen MR) is 75.9 cm³/mol. The molecule has 0 radical (unpaired) electrons. The number of rotatable bonds is 4. The first-order valence-corrected chi connectivity index (χ1v) is 6.94. The van der Waals surface area contributed by atoms with Crippen molar-refractivity contribution in [2.45, 2.75) is 26.3 Å². The van der Waals surface area contributed by atoms with Gasteiger partial charge in [0.2, 0.25) is 5.91 Å². The molecular formula is C15H22N2O2. The Hall–Kier alpha value is -1.39. The Labute approximate surface area is 114 Å². The lowest BCUT2D eigenvalue weighted by Crippen LogP contribution is -2.39. The summed E-state index contributed by atoms with van der Waals surface area (Å²) in [4.78, 5) is 14.3. The zero-order valence-electron chi connectivity index (χ0n) is 11.5. The molecule has 2 N–H and O–H groups in total. The van der Waals surface area contributed by atoms with Gasteiger partial charge in [0.05, 0.1) is 12.5 Å². The molecule has 1 atom stereocenters. The van der Waals surface area contributed by atoms with Crippen LogP contribution in [0.3, 0.4) is 0 Å². The van der Waals surface area contributed by atoms with E-state index in [0.717, 1.165) is 30.7 Å². The maximum atomic E-state index is 12.5. The summed E-state index contributed by atoms with van der Waals surface area (Å²) in [6.07, 6.45) is 1.90. The molecule has 1 fully saturated rings. The lowest BCUT2D eigenvalue weighted by molar-refractivity contribution is -0.126. The molecule has 0 spiro atoms. The maximum absolute atomic E-state index is 12.5. The molecule has 1 aromatic rings. The molecule has 1 aromatic carbocycles. The second-order valence-electron chi connectivity index (χ2n) is 4.87. The first-order valence-electron chi connectivity index (χ1n) is 6.94. The molecule has 4 heteroatoms. The van der Waals surface area contributed by atoms with Crippen LogP contribution < -0.4 is 10.6 Å². The zero-order chi connectivity index (χ0) is 13.7. The van der Waals surface area contributed by atoms with Gasteiger partial charge in [-0.3, -0.25) is 4.79 Å². The van der Waals surface area contributed by atoms with E-state index in [9.17, 15) is 4.79 Å². The lowest BCUT2D eigenvalue weighted by Gasteiger charge is -2.28. The highest BCUT2D eigenvalue weighted by molar-refractivity contribution is 5.95. The highest BCUT2D eigenvalue weighted by Gasteiger charge is 2.26. The van der Waals surface area contributed by atoms with Crippen molar-refractivity contribution < 1.29 is 9.53 Å². The van der Waals surface area contributed by atoms with Gasteiger partial charge in [-0.2, -0.15) is 0 Å². The number of ether oxygens (including phenoxy) is 1. The molecule has 0 aliphatic carbocycles. The number of amides is 1. The Bertz CT molecular complexity index is 411. The van der Waals surface area contributed by atoms with Crippen molar-refractivity contribution in [2.24, 2.45) is 11.7 Å². The van der Waals surface area contributed by atoms with Crippen LogP contribution in [0.15, 0.2) is 24.3 Å². The van der Waals surface area contributed by atoms with Crippen LogP contribution in [-0.4, -0.2) is 25.7 Å². The minimum Gasteiger partial charge on any atom is -0.381 e. The fourth-order valence-electron chi connectivity index (χ4n) is 2.43. The molecule has 19 heavy (non-hydrogen) atoms. The van der Waals surface area contributed by atoms with E-state index in [0.29, 0.717) is 19.7 Å². The normalized spacial score (nSPS) is 19.2. The van der Waals surface area contributed by atoms with E-state index in [1.807, 2.05) is 36.1 Å². The summed E-state index contributed by atoms with van der Waals surface area (Å²) in [6, 6.07) is 7.88. The Morgan fingerprint density at radius 2 is 2.16 bits per heavy atom. The van der Waals surface area contributed by atoms with Crippen LogP contribution in [0.25, 0.3) is 0 Å². The van der Waals surface area contributed by atoms with Crippen LogP contribution in [0.1, 0.15) is 25.3 Å². The molecule has 2 rings (SSSR count). The summed E-state index contributed by atoms with van der Waals surface area (Å²) >= 11 is 0. The molecular weight excluding hydrogens is 240 g/mol. The monoisotopic (exact) mass is 262 g/mol. The number of hydrogen-bond acceptors (Lipinski definition) is 3. The molecule has 1 heterocycles. The fraction of sp³-hybridized carbons (Fsp3) is 0.533. The highest BCUT2D eigenvalue weighted by Crippen LogP contribution is 2.22. The van der Waals surface area contributed by atoms with Crippen LogP contribution in [0.5, 0.6) is 0 Å². The topological polar surface area (TPSA) is 55.6 Å². The van der Waals surface area contributed by atoms with Crippen LogP contribution in [0, 0.1) is 5.92 Å². The third-order valence-electron chi connectivity index (χ3n) is 3.58. The Balaban J connectivity index is 2.11. The van der Waals surface area contributed by atoms with Gasteiger partial charge in [-0.25, -0.2) is 0 Å². The highest BCUT2D eigenvalue weighted by atomic mass is 16.5.